The molecule has 1 fully saturated rings. The number of nitrogens with zero attached hydrogens (tertiary/aromatic N) is 1. The highest BCUT2D eigenvalue weighted by Crippen LogP contribution is 2.25. The SMILES string of the molecule is CC1CC(CN)CN1C(=O)Nc1cc(Cl)cc(Cl)c1. The van der Waals surface area contributed by atoms with E-state index in [0.29, 0.717) is 34.7 Å². The third-order valence-corrected chi connectivity index (χ3v) is 3.81. The van der Waals surface area contributed by atoms with Crippen molar-refractivity contribution in [3.8, 4) is 0 Å². The molecule has 1 aromatic carbocycles. The van der Waals surface area contributed by atoms with Gasteiger partial charge in [0.05, 0.1) is 0 Å². The molecule has 3 N–H and O–H groups in total. The molecule has 2 amide bonds. The van der Waals surface area contributed by atoms with Crippen LogP contribution in [0.15, 0.2) is 18.2 Å². The van der Waals surface area contributed by atoms with Gasteiger partial charge >= 0.3 is 6.03 Å². The summed E-state index contributed by atoms with van der Waals surface area (Å²) < 4.78 is 0. The normalized spacial score (nSPS) is 22.6. The summed E-state index contributed by atoms with van der Waals surface area (Å²) in [6, 6.07) is 5.03. The quantitative estimate of drug-likeness (QED) is 0.881. The molecule has 1 aromatic rings. The second kappa shape index (κ2) is 5.99. The summed E-state index contributed by atoms with van der Waals surface area (Å²) in [6.07, 6.45) is 0.945. The molecular formula is C13H17Cl2N3O. The van der Waals surface area contributed by atoms with Crippen LogP contribution in [0.4, 0.5) is 10.5 Å². The van der Waals surface area contributed by atoms with Crippen molar-refractivity contribution < 1.29 is 4.79 Å². The number of amides is 2. The highest BCUT2D eigenvalue weighted by atomic mass is 35.5. The third-order valence-electron chi connectivity index (χ3n) is 3.37. The lowest BCUT2D eigenvalue weighted by atomic mass is 10.1. The number of rotatable bonds is 2. The number of urea groups is 1. The van der Waals surface area contributed by atoms with E-state index in [1.807, 2.05) is 6.92 Å². The molecule has 1 saturated heterocycles. The molecule has 2 atom stereocenters. The summed E-state index contributed by atoms with van der Waals surface area (Å²) in [4.78, 5) is 14.0. The van der Waals surface area contributed by atoms with Crippen LogP contribution in [0.25, 0.3) is 0 Å². The predicted molar refractivity (Wildman–Crippen MR) is 78.8 cm³/mol. The Balaban J connectivity index is 2.05. The second-order valence-corrected chi connectivity index (χ2v) is 5.80. The molecule has 1 heterocycles. The van der Waals surface area contributed by atoms with E-state index in [2.05, 4.69) is 5.32 Å². The Morgan fingerprint density at radius 1 is 1.42 bits per heavy atom. The summed E-state index contributed by atoms with van der Waals surface area (Å²) in [7, 11) is 0. The molecule has 6 heteroatoms. The summed E-state index contributed by atoms with van der Waals surface area (Å²) in [6.45, 7) is 3.33. The molecule has 0 aromatic heterocycles. The minimum absolute atomic E-state index is 0.137. The minimum Gasteiger partial charge on any atom is -0.330 e. The molecule has 1 aliphatic heterocycles. The molecule has 19 heavy (non-hydrogen) atoms. The van der Waals surface area contributed by atoms with Crippen LogP contribution in [-0.2, 0) is 0 Å². The van der Waals surface area contributed by atoms with Gasteiger partial charge in [0.2, 0.25) is 0 Å². The Morgan fingerprint density at radius 3 is 2.58 bits per heavy atom. The molecule has 0 bridgehead atoms. The first kappa shape index (κ1) is 14.4. The first-order valence-electron chi connectivity index (χ1n) is 6.23. The van der Waals surface area contributed by atoms with Crippen molar-refractivity contribution in [2.75, 3.05) is 18.4 Å². The van der Waals surface area contributed by atoms with E-state index < -0.39 is 0 Å². The zero-order valence-corrected chi connectivity index (χ0v) is 12.2. The first-order chi connectivity index (χ1) is 8.99. The van der Waals surface area contributed by atoms with Gasteiger partial charge in [0.25, 0.3) is 0 Å². The van der Waals surface area contributed by atoms with Gasteiger partial charge in [-0.2, -0.15) is 0 Å². The molecule has 0 aliphatic carbocycles. The van der Waals surface area contributed by atoms with Gasteiger partial charge < -0.3 is 16.0 Å². The number of nitrogens with one attached hydrogen (secondary N) is 1. The van der Waals surface area contributed by atoms with E-state index in [0.717, 1.165) is 6.42 Å². The molecule has 2 rings (SSSR count). The maximum Gasteiger partial charge on any atom is 0.322 e. The Kier molecular flexibility index (Phi) is 4.55. The maximum atomic E-state index is 12.2. The van der Waals surface area contributed by atoms with Gasteiger partial charge in [-0.25, -0.2) is 4.79 Å². The van der Waals surface area contributed by atoms with Crippen LogP contribution in [0, 0.1) is 5.92 Å². The van der Waals surface area contributed by atoms with Gasteiger partial charge in [-0.3, -0.25) is 0 Å². The highest BCUT2D eigenvalue weighted by molar-refractivity contribution is 6.35. The number of hydrogen-bond acceptors (Lipinski definition) is 2. The van der Waals surface area contributed by atoms with Crippen LogP contribution in [0.3, 0.4) is 0 Å². The van der Waals surface area contributed by atoms with Crippen LogP contribution >= 0.6 is 23.2 Å². The summed E-state index contributed by atoms with van der Waals surface area (Å²) in [5.41, 5.74) is 6.26. The van der Waals surface area contributed by atoms with Crippen LogP contribution in [0.5, 0.6) is 0 Å². The van der Waals surface area contributed by atoms with Crippen molar-refractivity contribution in [2.45, 2.75) is 19.4 Å². The number of benzene rings is 1. The lowest BCUT2D eigenvalue weighted by Crippen LogP contribution is -2.37. The standard InChI is InChI=1S/C13H17Cl2N3O/c1-8-2-9(6-16)7-18(8)13(19)17-12-4-10(14)3-11(15)5-12/h3-5,8-9H,2,6-7,16H2,1H3,(H,17,19). The van der Waals surface area contributed by atoms with Gasteiger partial charge in [0, 0.05) is 28.3 Å². The topological polar surface area (TPSA) is 58.4 Å². The van der Waals surface area contributed by atoms with Crippen molar-refractivity contribution >= 4 is 34.9 Å². The van der Waals surface area contributed by atoms with Crippen LogP contribution < -0.4 is 11.1 Å². The molecular weight excluding hydrogens is 285 g/mol. The van der Waals surface area contributed by atoms with Crippen molar-refractivity contribution in [1.82, 2.24) is 4.90 Å². The molecule has 1 aliphatic rings. The summed E-state index contributed by atoms with van der Waals surface area (Å²) in [5.74, 6) is 0.378. The van der Waals surface area contributed by atoms with E-state index in [-0.39, 0.29) is 12.1 Å². The first-order valence-corrected chi connectivity index (χ1v) is 6.99. The Bertz CT molecular complexity index is 461. The lowest BCUT2D eigenvalue weighted by Gasteiger charge is -2.22. The van der Waals surface area contributed by atoms with E-state index >= 15 is 0 Å². The van der Waals surface area contributed by atoms with Crippen LogP contribution in [-0.4, -0.2) is 30.1 Å². The predicted octanol–water partition coefficient (Wildman–Crippen LogP) is 3.19. The second-order valence-electron chi connectivity index (χ2n) is 4.93. The monoisotopic (exact) mass is 301 g/mol. The Morgan fingerprint density at radius 2 is 2.05 bits per heavy atom. The zero-order valence-electron chi connectivity index (χ0n) is 10.7. The fraction of sp³-hybridized carbons (Fsp3) is 0.462. The van der Waals surface area contributed by atoms with Gasteiger partial charge in [0.1, 0.15) is 0 Å². The summed E-state index contributed by atoms with van der Waals surface area (Å²) in [5, 5.41) is 3.81. The third kappa shape index (κ3) is 3.53. The highest BCUT2D eigenvalue weighted by Gasteiger charge is 2.31. The molecule has 4 nitrogen and oxygen atoms in total. The molecule has 0 spiro atoms. The average molecular weight is 302 g/mol. The fourth-order valence-corrected chi connectivity index (χ4v) is 2.94. The average Bonchev–Trinajstić information content (AvgIpc) is 2.69. The number of hydrogen-bond donors (Lipinski definition) is 2. The van der Waals surface area contributed by atoms with Gasteiger partial charge in [0.15, 0.2) is 0 Å². The van der Waals surface area contributed by atoms with E-state index in [1.54, 1.807) is 23.1 Å². The molecule has 2 unspecified atom stereocenters. The fourth-order valence-electron chi connectivity index (χ4n) is 2.42. The number of anilines is 1. The van der Waals surface area contributed by atoms with Crippen LogP contribution in [0.1, 0.15) is 13.3 Å². The van der Waals surface area contributed by atoms with Crippen molar-refractivity contribution in [2.24, 2.45) is 11.7 Å². The van der Waals surface area contributed by atoms with Crippen molar-refractivity contribution in [3.05, 3.63) is 28.2 Å². The van der Waals surface area contributed by atoms with Crippen molar-refractivity contribution in [1.29, 1.82) is 0 Å². The summed E-state index contributed by atoms with van der Waals surface area (Å²) >= 11 is 11.8. The number of nitrogens with two attached hydrogens (primary N) is 1. The molecule has 0 radical (unpaired) electrons. The van der Waals surface area contributed by atoms with E-state index in [4.69, 9.17) is 28.9 Å². The zero-order chi connectivity index (χ0) is 14.0. The van der Waals surface area contributed by atoms with Gasteiger partial charge in [-0.05, 0) is 44.0 Å². The molecule has 0 saturated carbocycles. The lowest BCUT2D eigenvalue weighted by molar-refractivity contribution is 0.209. The van der Waals surface area contributed by atoms with Crippen molar-refractivity contribution in [3.63, 3.8) is 0 Å². The smallest absolute Gasteiger partial charge is 0.322 e. The van der Waals surface area contributed by atoms with Gasteiger partial charge in [-0.15, -0.1) is 0 Å². The number of likely N-dealkylation sites (tertiary alicyclic amines) is 1. The maximum absolute atomic E-state index is 12.2. The van der Waals surface area contributed by atoms with E-state index in [1.165, 1.54) is 0 Å². The number of halogens is 2. The minimum atomic E-state index is -0.137. The van der Waals surface area contributed by atoms with Crippen LogP contribution in [0.2, 0.25) is 10.0 Å². The Labute approximate surface area is 122 Å². The van der Waals surface area contributed by atoms with E-state index in [9.17, 15) is 4.79 Å². The number of carbonyl (C=O) groups is 1. The largest absolute Gasteiger partial charge is 0.330 e. The molecule has 104 valence electrons. The van der Waals surface area contributed by atoms with Gasteiger partial charge in [-0.1, -0.05) is 23.2 Å². The Hall–Kier alpha value is -0.970. The number of carbonyl (C=O) groups excluding carboxylic acids is 1.